The van der Waals surface area contributed by atoms with E-state index in [2.05, 4.69) is 62.0 Å². The first-order valence-corrected chi connectivity index (χ1v) is 14.7. The summed E-state index contributed by atoms with van der Waals surface area (Å²) in [5.41, 5.74) is 4.56. The Kier molecular flexibility index (Phi) is 9.05. The number of benzene rings is 2. The van der Waals surface area contributed by atoms with Crippen molar-refractivity contribution in [3.8, 4) is 5.75 Å². The Balaban J connectivity index is 1.74. The fraction of sp³-hybridized carbons (Fsp3) is 0.531. The Bertz CT molecular complexity index is 1340. The summed E-state index contributed by atoms with van der Waals surface area (Å²) in [5, 5.41) is 5.11. The van der Waals surface area contributed by atoms with E-state index in [0.717, 1.165) is 70.5 Å². The number of carbonyl (C=O) groups excluding carboxylic acids is 1. The fourth-order valence-corrected chi connectivity index (χ4v) is 6.17. The van der Waals surface area contributed by atoms with Crippen LogP contribution in [0.2, 0.25) is 5.02 Å². The minimum absolute atomic E-state index is 0.00439. The molecule has 1 amide bonds. The second-order valence-corrected chi connectivity index (χ2v) is 12.1. The van der Waals surface area contributed by atoms with Crippen molar-refractivity contribution in [2.75, 3.05) is 23.9 Å². The highest BCUT2D eigenvalue weighted by Gasteiger charge is 2.43. The third-order valence-electron chi connectivity index (χ3n) is 8.39. The number of rotatable bonds is 11. The van der Waals surface area contributed by atoms with Gasteiger partial charge in [-0.3, -0.25) is 4.79 Å². The van der Waals surface area contributed by atoms with E-state index in [1.54, 1.807) is 13.4 Å². The summed E-state index contributed by atoms with van der Waals surface area (Å²) in [7, 11) is 1.65. The molecule has 2 heterocycles. The molecule has 210 valence electrons. The maximum Gasteiger partial charge on any atom is 0.227 e. The topological polar surface area (TPSA) is 67.4 Å². The van der Waals surface area contributed by atoms with Crippen LogP contribution in [0.3, 0.4) is 0 Å². The van der Waals surface area contributed by atoms with Crippen LogP contribution in [0.5, 0.6) is 5.75 Å². The van der Waals surface area contributed by atoms with Crippen molar-refractivity contribution in [3.63, 3.8) is 0 Å². The van der Waals surface area contributed by atoms with Gasteiger partial charge in [-0.15, -0.1) is 0 Å². The van der Waals surface area contributed by atoms with Crippen LogP contribution in [-0.4, -0.2) is 29.5 Å². The van der Waals surface area contributed by atoms with E-state index in [1.807, 2.05) is 24.0 Å². The van der Waals surface area contributed by atoms with Crippen molar-refractivity contribution in [2.24, 2.45) is 11.3 Å². The summed E-state index contributed by atoms with van der Waals surface area (Å²) in [6.07, 6.45) is 7.43. The lowest BCUT2D eigenvalue weighted by Gasteiger charge is -2.30. The third-order valence-corrected chi connectivity index (χ3v) is 8.89. The third kappa shape index (κ3) is 6.01. The van der Waals surface area contributed by atoms with Gasteiger partial charge < -0.3 is 15.0 Å². The molecule has 0 radical (unpaired) electrons. The van der Waals surface area contributed by atoms with Crippen LogP contribution in [0.4, 0.5) is 17.2 Å². The Hall–Kier alpha value is -2.86. The second kappa shape index (κ2) is 12.1. The summed E-state index contributed by atoms with van der Waals surface area (Å²) in [5.74, 6) is 2.47. The Morgan fingerprint density at radius 1 is 1.15 bits per heavy atom. The van der Waals surface area contributed by atoms with Gasteiger partial charge in [0.15, 0.2) is 0 Å². The predicted molar refractivity (Wildman–Crippen MR) is 163 cm³/mol. The highest BCUT2D eigenvalue weighted by molar-refractivity contribution is 6.32. The lowest BCUT2D eigenvalue weighted by Crippen LogP contribution is -2.29. The average molecular weight is 551 g/mol. The zero-order valence-corrected chi connectivity index (χ0v) is 25.3. The van der Waals surface area contributed by atoms with E-state index in [0.29, 0.717) is 36.4 Å². The number of nitrogens with one attached hydrogen (secondary N) is 1. The van der Waals surface area contributed by atoms with Crippen LogP contribution < -0.4 is 15.0 Å². The number of fused-ring (bicyclic) bond motifs is 1. The number of amides is 1. The maximum atomic E-state index is 13.5. The fourth-order valence-electron chi connectivity index (χ4n) is 5.82. The van der Waals surface area contributed by atoms with Gasteiger partial charge in [0, 0.05) is 35.1 Å². The molecule has 0 bridgehead atoms. The van der Waals surface area contributed by atoms with E-state index < -0.39 is 0 Å². The molecule has 1 aromatic heterocycles. The van der Waals surface area contributed by atoms with Crippen LogP contribution in [0, 0.1) is 18.3 Å². The molecule has 0 aliphatic carbocycles. The molecule has 3 aromatic rings. The molecule has 39 heavy (non-hydrogen) atoms. The number of hydrogen-bond acceptors (Lipinski definition) is 5. The summed E-state index contributed by atoms with van der Waals surface area (Å²) in [4.78, 5) is 24.5. The summed E-state index contributed by atoms with van der Waals surface area (Å²) in [6, 6.07) is 8.07. The van der Waals surface area contributed by atoms with Gasteiger partial charge >= 0.3 is 0 Å². The van der Waals surface area contributed by atoms with Crippen molar-refractivity contribution in [1.82, 2.24) is 9.97 Å². The Labute approximate surface area is 238 Å². The molecule has 6 nitrogen and oxygen atoms in total. The largest absolute Gasteiger partial charge is 0.494 e. The number of carbonyl (C=O) groups is 1. The zero-order valence-electron chi connectivity index (χ0n) is 24.5. The molecule has 1 fully saturated rings. The van der Waals surface area contributed by atoms with Gasteiger partial charge in [-0.2, -0.15) is 0 Å². The Morgan fingerprint density at radius 3 is 2.59 bits per heavy atom. The highest BCUT2D eigenvalue weighted by atomic mass is 35.5. The van der Waals surface area contributed by atoms with Crippen molar-refractivity contribution in [1.29, 1.82) is 0 Å². The minimum atomic E-state index is -0.00439. The molecule has 7 heteroatoms. The van der Waals surface area contributed by atoms with Crippen molar-refractivity contribution < 1.29 is 9.53 Å². The number of halogens is 1. The number of aromatic nitrogens is 2. The van der Waals surface area contributed by atoms with Crippen molar-refractivity contribution >= 4 is 45.6 Å². The van der Waals surface area contributed by atoms with Crippen LogP contribution in [-0.2, 0) is 4.79 Å². The molecular formula is C32H43ClN4O2. The molecule has 0 saturated carbocycles. The first-order chi connectivity index (χ1) is 18.6. The smallest absolute Gasteiger partial charge is 0.227 e. The van der Waals surface area contributed by atoms with Gasteiger partial charge in [0.1, 0.15) is 17.9 Å². The number of anilines is 3. The summed E-state index contributed by atoms with van der Waals surface area (Å²) in [6.45, 7) is 13.8. The first-order valence-electron chi connectivity index (χ1n) is 14.3. The number of hydrogen-bond donors (Lipinski definition) is 1. The first kappa shape index (κ1) is 29.1. The monoisotopic (exact) mass is 550 g/mol. The van der Waals surface area contributed by atoms with Crippen LogP contribution in [0.1, 0.15) is 90.2 Å². The minimum Gasteiger partial charge on any atom is -0.494 e. The molecule has 0 spiro atoms. The molecule has 2 atom stereocenters. The molecule has 1 saturated heterocycles. The average Bonchev–Trinajstić information content (AvgIpc) is 3.25. The highest BCUT2D eigenvalue weighted by Crippen LogP contribution is 2.46. The lowest BCUT2D eigenvalue weighted by molar-refractivity contribution is -0.117. The zero-order chi connectivity index (χ0) is 28.3. The molecular weight excluding hydrogens is 508 g/mol. The molecule has 2 unspecified atom stereocenters. The lowest BCUT2D eigenvalue weighted by atomic mass is 9.77. The number of ether oxygens (including phenoxy) is 1. The van der Waals surface area contributed by atoms with Crippen LogP contribution >= 0.6 is 11.6 Å². The van der Waals surface area contributed by atoms with Crippen LogP contribution in [0.25, 0.3) is 10.9 Å². The molecule has 2 aromatic carbocycles. The predicted octanol–water partition coefficient (Wildman–Crippen LogP) is 8.82. The van der Waals surface area contributed by atoms with Crippen molar-refractivity contribution in [2.45, 2.75) is 86.0 Å². The van der Waals surface area contributed by atoms with E-state index in [-0.39, 0.29) is 11.3 Å². The van der Waals surface area contributed by atoms with Gasteiger partial charge in [-0.05, 0) is 66.7 Å². The maximum absolute atomic E-state index is 13.5. The van der Waals surface area contributed by atoms with Gasteiger partial charge in [0.2, 0.25) is 5.91 Å². The van der Waals surface area contributed by atoms with E-state index in [9.17, 15) is 4.79 Å². The van der Waals surface area contributed by atoms with Gasteiger partial charge in [0.05, 0.1) is 18.3 Å². The van der Waals surface area contributed by atoms with E-state index >= 15 is 0 Å². The van der Waals surface area contributed by atoms with E-state index in [4.69, 9.17) is 16.3 Å². The summed E-state index contributed by atoms with van der Waals surface area (Å²) < 4.78 is 5.79. The van der Waals surface area contributed by atoms with Gasteiger partial charge in [-0.1, -0.05) is 65.1 Å². The van der Waals surface area contributed by atoms with Gasteiger partial charge in [-0.25, -0.2) is 9.97 Å². The second-order valence-electron chi connectivity index (χ2n) is 11.7. The molecule has 1 aliphatic heterocycles. The van der Waals surface area contributed by atoms with Gasteiger partial charge in [0.25, 0.3) is 0 Å². The number of methoxy groups -OCH3 is 1. The SMILES string of the molecule is CCCC1(CCC(C)C)CC(=O)N(c2cc3c(Nc4ccc(C(C)CC)c(Cl)c4C)ncnc3cc2OC)C1. The normalized spacial score (nSPS) is 18.3. The van der Waals surface area contributed by atoms with E-state index in [1.165, 1.54) is 0 Å². The molecule has 4 rings (SSSR count). The summed E-state index contributed by atoms with van der Waals surface area (Å²) >= 11 is 6.79. The quantitative estimate of drug-likeness (QED) is 0.258. The van der Waals surface area contributed by atoms with Crippen LogP contribution in [0.15, 0.2) is 30.6 Å². The van der Waals surface area contributed by atoms with Crippen molar-refractivity contribution in [3.05, 3.63) is 46.7 Å². The molecule has 1 N–H and O–H groups in total. The number of nitrogens with zero attached hydrogens (tertiary/aromatic N) is 3. The molecule has 1 aliphatic rings. The standard InChI is InChI=1S/C32H43ClN4O2/c1-8-13-32(14-12-20(3)4)17-29(38)37(18-32)27-15-24-26(16-28(27)39-7)34-19-35-31(24)36-25-11-10-23(21(5)9-2)30(33)22(25)6/h10-11,15-16,19-21H,8-9,12-14,17-18H2,1-7H3,(H,34,35,36). The Morgan fingerprint density at radius 2 is 1.92 bits per heavy atom.